The van der Waals surface area contributed by atoms with E-state index in [0.29, 0.717) is 12.8 Å². The Labute approximate surface area is 270 Å². The van der Waals surface area contributed by atoms with E-state index in [0.717, 1.165) is 31.6 Å². The molecule has 0 aromatic carbocycles. The fourth-order valence-corrected chi connectivity index (χ4v) is 6.17. The van der Waals surface area contributed by atoms with Crippen LogP contribution >= 0.6 is 0 Å². The molecule has 0 saturated carbocycles. The van der Waals surface area contributed by atoms with E-state index in [1.807, 2.05) is 0 Å². The first-order chi connectivity index (χ1) is 21.1. The summed E-state index contributed by atoms with van der Waals surface area (Å²) in [5, 5.41) is 0. The van der Waals surface area contributed by atoms with Gasteiger partial charge in [-0.2, -0.15) is 0 Å². The smallest absolute Gasteiger partial charge is 0.313 e. The molecule has 0 aliphatic heterocycles. The number of ether oxygens (including phenoxy) is 1. The minimum Gasteiger partial charge on any atom is -0.393 e. The third-order valence-electron chi connectivity index (χ3n) is 9.12. The van der Waals surface area contributed by atoms with Crippen LogP contribution in [0.5, 0.6) is 0 Å². The fraction of sp³-hybridized carbons (Fsp3) is 0.950. The predicted octanol–water partition coefficient (Wildman–Crippen LogP) is 14.0. The van der Waals surface area contributed by atoms with E-state index >= 15 is 0 Å². The van der Waals surface area contributed by atoms with Crippen molar-refractivity contribution in [2.75, 3.05) is 0 Å². The summed E-state index contributed by atoms with van der Waals surface area (Å²) in [4.78, 5) is 23.9. The van der Waals surface area contributed by atoms with E-state index < -0.39 is 0 Å². The molecule has 0 aliphatic rings. The van der Waals surface area contributed by atoms with Crippen LogP contribution in [0.2, 0.25) is 0 Å². The maximum atomic E-state index is 12.0. The third-order valence-corrected chi connectivity index (χ3v) is 9.12. The predicted molar refractivity (Wildman–Crippen MR) is 189 cm³/mol. The van der Waals surface area contributed by atoms with Crippen LogP contribution in [-0.4, -0.2) is 11.9 Å². The van der Waals surface area contributed by atoms with Crippen LogP contribution in [0.1, 0.15) is 239 Å². The van der Waals surface area contributed by atoms with Gasteiger partial charge in [-0.25, -0.2) is 0 Å². The first kappa shape index (κ1) is 42.1. The van der Waals surface area contributed by atoms with E-state index in [2.05, 4.69) is 20.8 Å². The molecule has 3 heteroatoms. The van der Waals surface area contributed by atoms with E-state index in [1.54, 1.807) is 0 Å². The second-order valence-corrected chi connectivity index (χ2v) is 14.1. The molecular weight excluding hydrogens is 528 g/mol. The third kappa shape index (κ3) is 37.2. The van der Waals surface area contributed by atoms with Crippen molar-refractivity contribution in [1.82, 2.24) is 0 Å². The normalized spacial score (nSPS) is 11.4. The lowest BCUT2D eigenvalue weighted by Gasteiger charge is -2.05. The summed E-state index contributed by atoms with van der Waals surface area (Å²) >= 11 is 0. The Morgan fingerprint density at radius 2 is 0.605 bits per heavy atom. The summed E-state index contributed by atoms with van der Waals surface area (Å²) in [7, 11) is 0. The monoisotopic (exact) mass is 607 g/mol. The van der Waals surface area contributed by atoms with Crippen molar-refractivity contribution in [3.8, 4) is 0 Å². The highest BCUT2D eigenvalue weighted by Crippen LogP contribution is 2.16. The van der Waals surface area contributed by atoms with Gasteiger partial charge in [-0.15, -0.1) is 0 Å². The number of rotatable bonds is 35. The summed E-state index contributed by atoms with van der Waals surface area (Å²) in [6, 6.07) is 0. The molecule has 0 N–H and O–H groups in total. The summed E-state index contributed by atoms with van der Waals surface area (Å²) in [6.07, 6.45) is 43.1. The maximum Gasteiger partial charge on any atom is 0.313 e. The number of esters is 2. The van der Waals surface area contributed by atoms with Crippen LogP contribution in [0.4, 0.5) is 0 Å². The van der Waals surface area contributed by atoms with Crippen LogP contribution in [-0.2, 0) is 14.3 Å². The summed E-state index contributed by atoms with van der Waals surface area (Å²) in [5.41, 5.74) is 0. The standard InChI is InChI=1S/C40H78O3/c1-4-5-6-7-8-9-10-11-12-13-14-15-16-17-21-24-27-30-33-36-39(41)43-40(42)37-34-31-28-25-22-19-18-20-23-26-29-32-35-38(2)3/h38H,4-37H2,1-3H3. The molecule has 0 radical (unpaired) electrons. The molecule has 0 aliphatic carbocycles. The van der Waals surface area contributed by atoms with Crippen molar-refractivity contribution in [3.63, 3.8) is 0 Å². The Morgan fingerprint density at radius 1 is 0.372 bits per heavy atom. The SMILES string of the molecule is CCCCCCCCCCCCCCCCCCCCCC(=O)OC(=O)CCCCCCCCCCCCCCC(C)C. The number of carbonyl (C=O) groups excluding carboxylic acids is 2. The van der Waals surface area contributed by atoms with E-state index in [1.165, 1.54) is 180 Å². The molecule has 0 heterocycles. The zero-order valence-electron chi connectivity index (χ0n) is 29.8. The highest BCUT2D eigenvalue weighted by atomic mass is 16.6. The van der Waals surface area contributed by atoms with Crippen LogP contribution in [0.3, 0.4) is 0 Å². The Balaban J connectivity index is 3.27. The van der Waals surface area contributed by atoms with Crippen molar-refractivity contribution in [2.24, 2.45) is 5.92 Å². The van der Waals surface area contributed by atoms with Gasteiger partial charge in [0.1, 0.15) is 0 Å². The second-order valence-electron chi connectivity index (χ2n) is 14.1. The van der Waals surface area contributed by atoms with Gasteiger partial charge in [0.05, 0.1) is 0 Å². The molecule has 43 heavy (non-hydrogen) atoms. The highest BCUT2D eigenvalue weighted by Gasteiger charge is 2.10. The van der Waals surface area contributed by atoms with Gasteiger partial charge >= 0.3 is 11.9 Å². The lowest BCUT2D eigenvalue weighted by Crippen LogP contribution is -2.11. The van der Waals surface area contributed by atoms with Crippen molar-refractivity contribution in [3.05, 3.63) is 0 Å². The zero-order chi connectivity index (χ0) is 31.5. The number of carbonyl (C=O) groups is 2. The zero-order valence-corrected chi connectivity index (χ0v) is 29.8. The second kappa shape index (κ2) is 35.6. The number of unbranched alkanes of at least 4 members (excludes halogenated alkanes) is 29. The number of hydrogen-bond acceptors (Lipinski definition) is 3. The van der Waals surface area contributed by atoms with Gasteiger partial charge in [-0.05, 0) is 18.8 Å². The molecule has 0 amide bonds. The van der Waals surface area contributed by atoms with Crippen LogP contribution in [0.15, 0.2) is 0 Å². The summed E-state index contributed by atoms with van der Waals surface area (Å²) < 4.78 is 5.03. The van der Waals surface area contributed by atoms with Crippen molar-refractivity contribution in [1.29, 1.82) is 0 Å². The van der Waals surface area contributed by atoms with Gasteiger partial charge in [0, 0.05) is 12.8 Å². The quantitative estimate of drug-likeness (QED) is 0.0409. The topological polar surface area (TPSA) is 43.4 Å². The fourth-order valence-electron chi connectivity index (χ4n) is 6.17. The largest absolute Gasteiger partial charge is 0.393 e. The van der Waals surface area contributed by atoms with Gasteiger partial charge in [-0.1, -0.05) is 213 Å². The summed E-state index contributed by atoms with van der Waals surface area (Å²) in [6.45, 7) is 6.92. The van der Waals surface area contributed by atoms with Crippen LogP contribution in [0.25, 0.3) is 0 Å². The van der Waals surface area contributed by atoms with Crippen molar-refractivity contribution >= 4 is 11.9 Å². The minimum atomic E-state index is -0.323. The van der Waals surface area contributed by atoms with Crippen molar-refractivity contribution in [2.45, 2.75) is 239 Å². The minimum absolute atomic E-state index is 0.322. The molecule has 0 bridgehead atoms. The van der Waals surface area contributed by atoms with Gasteiger partial charge in [-0.3, -0.25) is 9.59 Å². The van der Waals surface area contributed by atoms with Crippen LogP contribution < -0.4 is 0 Å². The average molecular weight is 607 g/mol. The molecule has 0 saturated heterocycles. The molecule has 0 aromatic heterocycles. The lowest BCUT2D eigenvalue weighted by atomic mass is 10.0. The van der Waals surface area contributed by atoms with Crippen LogP contribution in [0, 0.1) is 5.92 Å². The molecule has 3 nitrogen and oxygen atoms in total. The molecule has 0 rings (SSSR count). The van der Waals surface area contributed by atoms with E-state index in [4.69, 9.17) is 4.74 Å². The average Bonchev–Trinajstić information content (AvgIpc) is 2.98. The molecule has 0 fully saturated rings. The Bertz CT molecular complexity index is 570. The Hall–Kier alpha value is -0.860. The number of hydrogen-bond donors (Lipinski definition) is 0. The maximum absolute atomic E-state index is 12.0. The van der Waals surface area contributed by atoms with E-state index in [-0.39, 0.29) is 11.9 Å². The molecule has 0 spiro atoms. The molecule has 0 atom stereocenters. The first-order valence-electron chi connectivity index (χ1n) is 19.8. The lowest BCUT2D eigenvalue weighted by molar-refractivity contribution is -0.159. The van der Waals surface area contributed by atoms with Gasteiger partial charge in [0.2, 0.25) is 0 Å². The molecule has 256 valence electrons. The molecule has 0 unspecified atom stereocenters. The van der Waals surface area contributed by atoms with Gasteiger partial charge < -0.3 is 4.74 Å². The van der Waals surface area contributed by atoms with E-state index in [9.17, 15) is 9.59 Å². The Morgan fingerprint density at radius 3 is 0.860 bits per heavy atom. The first-order valence-corrected chi connectivity index (χ1v) is 19.8. The molecular formula is C40H78O3. The van der Waals surface area contributed by atoms with Gasteiger partial charge in [0.15, 0.2) is 0 Å². The highest BCUT2D eigenvalue weighted by molar-refractivity contribution is 5.85. The van der Waals surface area contributed by atoms with Gasteiger partial charge in [0.25, 0.3) is 0 Å². The molecule has 0 aromatic rings. The van der Waals surface area contributed by atoms with Crippen molar-refractivity contribution < 1.29 is 14.3 Å². The summed E-state index contributed by atoms with van der Waals surface area (Å²) in [5.74, 6) is 0.208. The Kier molecular flexibility index (Phi) is 34.9.